The number of rotatable bonds is 4. The maximum Gasteiger partial charge on any atom is 0.320 e. The Labute approximate surface area is 125 Å². The highest BCUT2D eigenvalue weighted by atomic mass is 16.4. The lowest BCUT2D eigenvalue weighted by atomic mass is 9.83. The molecule has 0 bridgehead atoms. The van der Waals surface area contributed by atoms with Crippen LogP contribution in [0.4, 0.5) is 4.79 Å². The maximum absolute atomic E-state index is 12.5. The molecule has 2 amide bonds. The summed E-state index contributed by atoms with van der Waals surface area (Å²) in [5, 5.41) is 19.1. The second kappa shape index (κ2) is 6.22. The highest BCUT2D eigenvalue weighted by Gasteiger charge is 2.46. The first-order chi connectivity index (χ1) is 9.89. The number of nitrogens with zero attached hydrogens (tertiary/aromatic N) is 2. The molecule has 2 saturated heterocycles. The molecule has 0 saturated carbocycles. The summed E-state index contributed by atoms with van der Waals surface area (Å²) in [5.74, 6) is -0.653. The first-order valence-electron chi connectivity index (χ1n) is 7.85. The molecule has 0 aromatic heterocycles. The van der Waals surface area contributed by atoms with E-state index in [2.05, 4.69) is 0 Å². The number of carbonyl (C=O) groups excluding carboxylic acids is 1. The number of aliphatic carboxylic acids is 1. The first kappa shape index (κ1) is 16.1. The molecular formula is C15H26N2O4. The van der Waals surface area contributed by atoms with Crippen molar-refractivity contribution in [1.82, 2.24) is 9.80 Å². The van der Waals surface area contributed by atoms with Crippen LogP contribution in [0, 0.1) is 11.3 Å². The monoisotopic (exact) mass is 298 g/mol. The number of likely N-dealkylation sites (tertiary alicyclic amines) is 2. The van der Waals surface area contributed by atoms with E-state index in [1.807, 2.05) is 6.92 Å². The highest BCUT2D eigenvalue weighted by molar-refractivity contribution is 5.80. The molecule has 2 heterocycles. The number of hydrogen-bond donors (Lipinski definition) is 2. The largest absolute Gasteiger partial charge is 0.481 e. The van der Waals surface area contributed by atoms with Crippen LogP contribution in [-0.2, 0) is 4.79 Å². The van der Waals surface area contributed by atoms with Gasteiger partial charge in [0.1, 0.15) is 0 Å². The second-order valence-electron chi connectivity index (χ2n) is 6.52. The quantitative estimate of drug-likeness (QED) is 0.821. The molecular weight excluding hydrogens is 272 g/mol. The van der Waals surface area contributed by atoms with Gasteiger partial charge in [0.05, 0.1) is 11.5 Å². The summed E-state index contributed by atoms with van der Waals surface area (Å²) >= 11 is 0. The normalized spacial score (nSPS) is 30.7. The Morgan fingerprint density at radius 1 is 1.33 bits per heavy atom. The number of aliphatic hydroxyl groups is 1. The van der Waals surface area contributed by atoms with Gasteiger partial charge in [0.25, 0.3) is 0 Å². The molecule has 2 N–H and O–H groups in total. The van der Waals surface area contributed by atoms with Gasteiger partial charge < -0.3 is 20.0 Å². The van der Waals surface area contributed by atoms with E-state index < -0.39 is 17.5 Å². The molecule has 3 atom stereocenters. The van der Waals surface area contributed by atoms with Crippen LogP contribution in [0.2, 0.25) is 0 Å². The van der Waals surface area contributed by atoms with Crippen LogP contribution in [0.25, 0.3) is 0 Å². The summed E-state index contributed by atoms with van der Waals surface area (Å²) in [6.07, 6.45) is 2.37. The van der Waals surface area contributed by atoms with Crippen molar-refractivity contribution in [2.75, 3.05) is 26.2 Å². The molecule has 6 heteroatoms. The molecule has 2 fully saturated rings. The minimum absolute atomic E-state index is 0.0719. The van der Waals surface area contributed by atoms with Crippen molar-refractivity contribution in [1.29, 1.82) is 0 Å². The molecule has 0 aromatic carbocycles. The molecule has 21 heavy (non-hydrogen) atoms. The third-order valence-electron chi connectivity index (χ3n) is 4.98. The number of carboxylic acid groups (broad SMARTS) is 1. The number of aliphatic hydroxyl groups excluding tert-OH is 1. The third kappa shape index (κ3) is 3.15. The van der Waals surface area contributed by atoms with Crippen LogP contribution in [0.1, 0.15) is 39.5 Å². The van der Waals surface area contributed by atoms with Crippen LogP contribution in [0.3, 0.4) is 0 Å². The fourth-order valence-electron chi connectivity index (χ4n) is 3.55. The van der Waals surface area contributed by atoms with Crippen molar-refractivity contribution < 1.29 is 19.8 Å². The van der Waals surface area contributed by atoms with Crippen molar-refractivity contribution >= 4 is 12.0 Å². The Morgan fingerprint density at radius 2 is 2.05 bits per heavy atom. The SMILES string of the molecule is CCCC1(C(=O)O)CCN(C(=O)N2CCC(C(C)O)C2)C1. The van der Waals surface area contributed by atoms with Gasteiger partial charge >= 0.3 is 12.0 Å². The summed E-state index contributed by atoms with van der Waals surface area (Å²) in [6.45, 7) is 5.78. The Kier molecular flexibility index (Phi) is 4.76. The van der Waals surface area contributed by atoms with Crippen molar-refractivity contribution in [2.24, 2.45) is 11.3 Å². The number of carbonyl (C=O) groups is 2. The van der Waals surface area contributed by atoms with Crippen molar-refractivity contribution in [3.63, 3.8) is 0 Å². The van der Waals surface area contributed by atoms with Crippen LogP contribution in [0.15, 0.2) is 0 Å². The number of hydrogen-bond acceptors (Lipinski definition) is 3. The van der Waals surface area contributed by atoms with E-state index in [9.17, 15) is 19.8 Å². The van der Waals surface area contributed by atoms with E-state index >= 15 is 0 Å². The van der Waals surface area contributed by atoms with Gasteiger partial charge in [-0.3, -0.25) is 4.79 Å². The Morgan fingerprint density at radius 3 is 2.57 bits per heavy atom. The lowest BCUT2D eigenvalue weighted by molar-refractivity contribution is -0.148. The molecule has 2 aliphatic rings. The lowest BCUT2D eigenvalue weighted by Gasteiger charge is -2.27. The lowest BCUT2D eigenvalue weighted by Crippen LogP contribution is -2.43. The highest BCUT2D eigenvalue weighted by Crippen LogP contribution is 2.36. The predicted molar refractivity (Wildman–Crippen MR) is 77.9 cm³/mol. The number of urea groups is 1. The van der Waals surface area contributed by atoms with E-state index in [1.54, 1.807) is 16.7 Å². The van der Waals surface area contributed by atoms with E-state index in [1.165, 1.54) is 0 Å². The summed E-state index contributed by atoms with van der Waals surface area (Å²) < 4.78 is 0. The van der Waals surface area contributed by atoms with Gasteiger partial charge in [0, 0.05) is 32.1 Å². The fraction of sp³-hybridized carbons (Fsp3) is 0.867. The molecule has 0 spiro atoms. The minimum atomic E-state index is -0.789. The van der Waals surface area contributed by atoms with E-state index in [0.717, 1.165) is 12.8 Å². The zero-order chi connectivity index (χ0) is 15.6. The smallest absolute Gasteiger partial charge is 0.320 e. The molecule has 120 valence electrons. The van der Waals surface area contributed by atoms with Crippen molar-refractivity contribution in [3.05, 3.63) is 0 Å². The zero-order valence-corrected chi connectivity index (χ0v) is 12.9. The predicted octanol–water partition coefficient (Wildman–Crippen LogP) is 1.39. The third-order valence-corrected chi connectivity index (χ3v) is 4.98. The number of amides is 2. The minimum Gasteiger partial charge on any atom is -0.481 e. The van der Waals surface area contributed by atoms with Crippen LogP contribution in [0.5, 0.6) is 0 Å². The van der Waals surface area contributed by atoms with E-state index in [4.69, 9.17) is 0 Å². The van der Waals surface area contributed by atoms with Gasteiger partial charge in [-0.25, -0.2) is 4.79 Å². The average molecular weight is 298 g/mol. The van der Waals surface area contributed by atoms with E-state index in [0.29, 0.717) is 39.0 Å². The van der Waals surface area contributed by atoms with Gasteiger partial charge in [-0.05, 0) is 26.2 Å². The standard InChI is InChI=1S/C15H26N2O4/c1-3-5-15(13(19)20)6-8-17(10-15)14(21)16-7-4-12(9-16)11(2)18/h11-12,18H,3-10H2,1-2H3,(H,19,20). The van der Waals surface area contributed by atoms with Gasteiger partial charge in [-0.1, -0.05) is 13.3 Å². The Bertz CT molecular complexity index is 412. The van der Waals surface area contributed by atoms with Crippen LogP contribution < -0.4 is 0 Å². The van der Waals surface area contributed by atoms with Crippen molar-refractivity contribution in [3.8, 4) is 0 Å². The van der Waals surface area contributed by atoms with Gasteiger partial charge in [0.2, 0.25) is 0 Å². The molecule has 0 aromatic rings. The average Bonchev–Trinajstić information content (AvgIpc) is 3.06. The van der Waals surface area contributed by atoms with Crippen molar-refractivity contribution in [2.45, 2.75) is 45.6 Å². The summed E-state index contributed by atoms with van der Waals surface area (Å²) in [7, 11) is 0. The summed E-state index contributed by atoms with van der Waals surface area (Å²) in [5.41, 5.74) is -0.770. The van der Waals surface area contributed by atoms with Crippen LogP contribution in [-0.4, -0.2) is 64.3 Å². The van der Waals surface area contributed by atoms with Gasteiger partial charge in [-0.15, -0.1) is 0 Å². The molecule has 6 nitrogen and oxygen atoms in total. The molecule has 2 aliphatic heterocycles. The van der Waals surface area contributed by atoms with Crippen LogP contribution >= 0.6 is 0 Å². The topological polar surface area (TPSA) is 81.1 Å². The zero-order valence-electron chi connectivity index (χ0n) is 12.9. The van der Waals surface area contributed by atoms with Gasteiger partial charge in [-0.2, -0.15) is 0 Å². The Balaban J connectivity index is 1.98. The Hall–Kier alpha value is -1.30. The molecule has 0 radical (unpaired) electrons. The molecule has 2 rings (SSSR count). The summed E-state index contributed by atoms with van der Waals surface area (Å²) in [4.78, 5) is 27.5. The van der Waals surface area contributed by atoms with E-state index in [-0.39, 0.29) is 11.9 Å². The fourth-order valence-corrected chi connectivity index (χ4v) is 3.55. The molecule has 0 aliphatic carbocycles. The van der Waals surface area contributed by atoms with Gasteiger partial charge in [0.15, 0.2) is 0 Å². The maximum atomic E-state index is 12.5. The second-order valence-corrected chi connectivity index (χ2v) is 6.52. The number of carboxylic acids is 1. The summed E-state index contributed by atoms with van der Waals surface area (Å²) in [6, 6.07) is -0.0719. The first-order valence-corrected chi connectivity index (χ1v) is 7.85. The molecule has 3 unspecified atom stereocenters.